The number of amides is 1. The molecule has 1 heterocycles. The second-order valence-electron chi connectivity index (χ2n) is 4.33. The quantitative estimate of drug-likeness (QED) is 0.669. The van der Waals surface area contributed by atoms with Gasteiger partial charge in [-0.3, -0.25) is 4.79 Å². The molecule has 0 unspecified atom stereocenters. The Morgan fingerprint density at radius 1 is 1.26 bits per heavy atom. The van der Waals surface area contributed by atoms with Crippen molar-refractivity contribution in [1.82, 2.24) is 5.32 Å². The van der Waals surface area contributed by atoms with Gasteiger partial charge in [-0.05, 0) is 48.6 Å². The Balaban J connectivity index is 1.75. The first-order valence-corrected chi connectivity index (χ1v) is 8.05. The minimum absolute atomic E-state index is 0.0238. The molecule has 0 radical (unpaired) electrons. The Kier molecular flexibility index (Phi) is 5.05. The molecule has 2 nitrogen and oxygen atoms in total. The third-order valence-corrected chi connectivity index (χ3v) is 4.74. The van der Waals surface area contributed by atoms with Gasteiger partial charge < -0.3 is 5.32 Å². The largest absolute Gasteiger partial charge is 0.350 e. The fraction of sp³-hybridized carbons (Fsp3) is 0.267. The summed E-state index contributed by atoms with van der Waals surface area (Å²) in [5, 5.41) is 4.85. The van der Waals surface area contributed by atoms with E-state index in [2.05, 4.69) is 37.4 Å². The van der Waals surface area contributed by atoms with Gasteiger partial charge >= 0.3 is 0 Å². The molecule has 0 atom stereocenters. The number of carbonyl (C=O) groups is 1. The van der Waals surface area contributed by atoms with Crippen molar-refractivity contribution >= 4 is 29.0 Å². The van der Waals surface area contributed by atoms with Crippen molar-refractivity contribution in [1.29, 1.82) is 0 Å². The highest BCUT2D eigenvalue weighted by Crippen LogP contribution is 2.20. The van der Waals surface area contributed by atoms with Crippen LogP contribution in [0.3, 0.4) is 0 Å². The van der Waals surface area contributed by atoms with Crippen molar-refractivity contribution in [3.05, 3.63) is 51.7 Å². The molecule has 4 heteroatoms. The maximum atomic E-state index is 11.7. The van der Waals surface area contributed by atoms with Gasteiger partial charge in [0, 0.05) is 17.2 Å². The molecule has 2 rings (SSSR count). The number of aryl methyl sites for hydroxylation is 2. The van der Waals surface area contributed by atoms with Gasteiger partial charge in [-0.25, -0.2) is 0 Å². The number of rotatable bonds is 5. The van der Waals surface area contributed by atoms with Crippen LogP contribution in [0.5, 0.6) is 0 Å². The molecular formula is C15H17NOS2. The predicted octanol–water partition coefficient (Wildman–Crippen LogP) is 3.89. The fourth-order valence-electron chi connectivity index (χ4n) is 1.63. The lowest BCUT2D eigenvalue weighted by atomic mass is 10.1. The monoisotopic (exact) mass is 291 g/mol. The average molecular weight is 291 g/mol. The average Bonchev–Trinajstić information content (AvgIpc) is 2.92. The number of benzene rings is 1. The highest BCUT2D eigenvalue weighted by atomic mass is 32.2. The third kappa shape index (κ3) is 4.11. The lowest BCUT2D eigenvalue weighted by Crippen LogP contribution is -2.24. The Labute approximate surface area is 122 Å². The smallest absolute Gasteiger partial charge is 0.261 e. The van der Waals surface area contributed by atoms with Gasteiger partial charge in [0.15, 0.2) is 0 Å². The summed E-state index contributed by atoms with van der Waals surface area (Å²) < 4.78 is 0. The van der Waals surface area contributed by atoms with Gasteiger partial charge in [-0.2, -0.15) is 0 Å². The van der Waals surface area contributed by atoms with E-state index >= 15 is 0 Å². The zero-order valence-electron chi connectivity index (χ0n) is 11.1. The van der Waals surface area contributed by atoms with Crippen molar-refractivity contribution in [3.63, 3.8) is 0 Å². The first kappa shape index (κ1) is 14.2. The molecule has 0 bridgehead atoms. The lowest BCUT2D eigenvalue weighted by Gasteiger charge is -2.06. The van der Waals surface area contributed by atoms with Crippen LogP contribution in [0.4, 0.5) is 0 Å². The summed E-state index contributed by atoms with van der Waals surface area (Å²) in [6, 6.07) is 10.2. The maximum Gasteiger partial charge on any atom is 0.261 e. The molecule has 0 aliphatic heterocycles. The SMILES string of the molecule is Cc1ccc(SCCNC(=O)c2cccs2)cc1C. The number of thiophene rings is 1. The van der Waals surface area contributed by atoms with Crippen LogP contribution in [0.2, 0.25) is 0 Å². The molecule has 1 aromatic heterocycles. The fourth-order valence-corrected chi connectivity index (χ4v) is 3.14. The summed E-state index contributed by atoms with van der Waals surface area (Å²) in [6.45, 7) is 4.93. The van der Waals surface area contributed by atoms with Gasteiger partial charge in [0.1, 0.15) is 0 Å². The summed E-state index contributed by atoms with van der Waals surface area (Å²) in [6.07, 6.45) is 0. The van der Waals surface area contributed by atoms with Crippen molar-refractivity contribution in [2.45, 2.75) is 18.7 Å². The minimum Gasteiger partial charge on any atom is -0.350 e. The molecular weight excluding hydrogens is 274 g/mol. The zero-order valence-corrected chi connectivity index (χ0v) is 12.7. The maximum absolute atomic E-state index is 11.7. The summed E-state index contributed by atoms with van der Waals surface area (Å²) >= 11 is 3.24. The molecule has 1 amide bonds. The second kappa shape index (κ2) is 6.78. The first-order chi connectivity index (χ1) is 9.16. The number of thioether (sulfide) groups is 1. The lowest BCUT2D eigenvalue weighted by molar-refractivity contribution is 0.0960. The van der Waals surface area contributed by atoms with Crippen LogP contribution < -0.4 is 5.32 Å². The van der Waals surface area contributed by atoms with Crippen molar-refractivity contribution in [2.75, 3.05) is 12.3 Å². The van der Waals surface area contributed by atoms with E-state index in [1.807, 2.05) is 17.5 Å². The molecule has 0 fully saturated rings. The van der Waals surface area contributed by atoms with E-state index in [4.69, 9.17) is 0 Å². The van der Waals surface area contributed by atoms with E-state index in [1.165, 1.54) is 27.4 Å². The molecule has 0 saturated heterocycles. The first-order valence-electron chi connectivity index (χ1n) is 6.18. The van der Waals surface area contributed by atoms with E-state index in [9.17, 15) is 4.79 Å². The molecule has 100 valence electrons. The Bertz CT molecular complexity index is 549. The van der Waals surface area contributed by atoms with Crippen LogP contribution >= 0.6 is 23.1 Å². The normalized spacial score (nSPS) is 10.4. The van der Waals surface area contributed by atoms with Crippen LogP contribution in [0, 0.1) is 13.8 Å². The Morgan fingerprint density at radius 3 is 2.79 bits per heavy atom. The van der Waals surface area contributed by atoms with Gasteiger partial charge in [0.25, 0.3) is 5.91 Å². The number of hydrogen-bond donors (Lipinski definition) is 1. The summed E-state index contributed by atoms with van der Waals surface area (Å²) in [5.74, 6) is 0.912. The third-order valence-electron chi connectivity index (χ3n) is 2.88. The van der Waals surface area contributed by atoms with Gasteiger partial charge in [0.05, 0.1) is 4.88 Å². The molecule has 1 N–H and O–H groups in total. The van der Waals surface area contributed by atoms with E-state index in [-0.39, 0.29) is 5.91 Å². The molecule has 0 spiro atoms. The molecule has 0 aliphatic carbocycles. The van der Waals surface area contributed by atoms with Crippen molar-refractivity contribution < 1.29 is 4.79 Å². The number of carbonyl (C=O) groups excluding carboxylic acids is 1. The zero-order chi connectivity index (χ0) is 13.7. The standard InChI is InChI=1S/C15H17NOS2/c1-11-5-6-13(10-12(11)2)18-9-7-16-15(17)14-4-3-8-19-14/h3-6,8,10H,7,9H2,1-2H3,(H,16,17). The van der Waals surface area contributed by atoms with Crippen LogP contribution in [0.25, 0.3) is 0 Å². The molecule has 19 heavy (non-hydrogen) atoms. The van der Waals surface area contributed by atoms with Crippen LogP contribution in [-0.2, 0) is 0 Å². The molecule has 0 aliphatic rings. The van der Waals surface area contributed by atoms with Crippen LogP contribution in [0.15, 0.2) is 40.6 Å². The van der Waals surface area contributed by atoms with E-state index in [1.54, 1.807) is 11.8 Å². The minimum atomic E-state index is 0.0238. The Hall–Kier alpha value is -1.26. The summed E-state index contributed by atoms with van der Waals surface area (Å²) in [7, 11) is 0. The van der Waals surface area contributed by atoms with Crippen molar-refractivity contribution in [2.24, 2.45) is 0 Å². The van der Waals surface area contributed by atoms with Gasteiger partial charge in [-0.1, -0.05) is 12.1 Å². The predicted molar refractivity (Wildman–Crippen MR) is 83.3 cm³/mol. The molecule has 1 aromatic carbocycles. The highest BCUT2D eigenvalue weighted by molar-refractivity contribution is 7.99. The van der Waals surface area contributed by atoms with Crippen molar-refractivity contribution in [3.8, 4) is 0 Å². The topological polar surface area (TPSA) is 29.1 Å². The summed E-state index contributed by atoms with van der Waals surface area (Å²) in [5.41, 5.74) is 2.63. The van der Waals surface area contributed by atoms with E-state index in [0.717, 1.165) is 10.6 Å². The molecule has 2 aromatic rings. The Morgan fingerprint density at radius 2 is 2.11 bits per heavy atom. The summed E-state index contributed by atoms with van der Waals surface area (Å²) in [4.78, 5) is 13.7. The van der Waals surface area contributed by atoms with Gasteiger partial charge in [0.2, 0.25) is 0 Å². The van der Waals surface area contributed by atoms with Crippen LogP contribution in [-0.4, -0.2) is 18.2 Å². The van der Waals surface area contributed by atoms with Crippen LogP contribution in [0.1, 0.15) is 20.8 Å². The second-order valence-corrected chi connectivity index (χ2v) is 6.44. The van der Waals surface area contributed by atoms with E-state index < -0.39 is 0 Å². The highest BCUT2D eigenvalue weighted by Gasteiger charge is 2.05. The van der Waals surface area contributed by atoms with Gasteiger partial charge in [-0.15, -0.1) is 23.1 Å². The van der Waals surface area contributed by atoms with E-state index in [0.29, 0.717) is 6.54 Å². The molecule has 0 saturated carbocycles. The number of hydrogen-bond acceptors (Lipinski definition) is 3. The number of nitrogens with one attached hydrogen (secondary N) is 1.